The Morgan fingerprint density at radius 3 is 2.33 bits per heavy atom. The number of ether oxygens (including phenoxy) is 1. The molecule has 1 aromatic heterocycles. The summed E-state index contributed by atoms with van der Waals surface area (Å²) in [7, 11) is 1.83. The largest absolute Gasteiger partial charge is 0.472 e. The number of nitrogens with one attached hydrogen (secondary N) is 1. The molecule has 4 nitrogen and oxygen atoms in total. The van der Waals surface area contributed by atoms with Gasteiger partial charge in [0.15, 0.2) is 11.6 Å². The van der Waals surface area contributed by atoms with Gasteiger partial charge in [0, 0.05) is 10.6 Å². The topological polar surface area (TPSA) is 47.0 Å². The number of benzene rings is 1. The molecule has 2 rings (SSSR count). The van der Waals surface area contributed by atoms with E-state index in [0.717, 1.165) is 5.56 Å². The Balaban J connectivity index is 2.14. The first kappa shape index (κ1) is 12.8. The highest BCUT2D eigenvalue weighted by Crippen LogP contribution is 2.19. The third-order valence-corrected chi connectivity index (χ3v) is 2.70. The average molecular weight is 264 g/mol. The number of halogens is 1. The molecule has 1 N–H and O–H groups in total. The van der Waals surface area contributed by atoms with Gasteiger partial charge in [0.05, 0.1) is 12.4 Å². The molecule has 1 atom stereocenters. The van der Waals surface area contributed by atoms with Gasteiger partial charge in [-0.2, -0.15) is 0 Å². The Morgan fingerprint density at radius 2 is 1.78 bits per heavy atom. The van der Waals surface area contributed by atoms with Gasteiger partial charge in [0.1, 0.15) is 6.23 Å². The van der Waals surface area contributed by atoms with Gasteiger partial charge in [-0.15, -0.1) is 0 Å². The maximum atomic E-state index is 5.83. The minimum Gasteiger partial charge on any atom is -0.472 e. The number of hydrogen-bond donors (Lipinski definition) is 1. The average Bonchev–Trinajstić information content (AvgIpc) is 2.40. The lowest BCUT2D eigenvalue weighted by Gasteiger charge is -2.12. The predicted octanol–water partition coefficient (Wildman–Crippen LogP) is 2.74. The molecule has 0 aliphatic heterocycles. The fourth-order valence-electron chi connectivity index (χ4n) is 1.39. The standard InChI is InChI=1S/C13H14ClN3O/c1-9(15-2)18-12-7-16-13(17-8-12)10-3-5-11(14)6-4-10/h3-9,15H,1-2H3. The van der Waals surface area contributed by atoms with Crippen LogP contribution in [0.2, 0.25) is 5.02 Å². The molecule has 5 heteroatoms. The molecule has 94 valence electrons. The van der Waals surface area contributed by atoms with Gasteiger partial charge in [-0.1, -0.05) is 11.6 Å². The summed E-state index contributed by atoms with van der Waals surface area (Å²) >= 11 is 5.83. The lowest BCUT2D eigenvalue weighted by Crippen LogP contribution is -2.27. The van der Waals surface area contributed by atoms with Crippen molar-refractivity contribution in [2.24, 2.45) is 0 Å². The first-order valence-electron chi connectivity index (χ1n) is 5.61. The van der Waals surface area contributed by atoms with E-state index in [1.807, 2.05) is 38.2 Å². The lowest BCUT2D eigenvalue weighted by atomic mass is 10.2. The molecular weight excluding hydrogens is 250 g/mol. The molecule has 0 aliphatic rings. The van der Waals surface area contributed by atoms with E-state index < -0.39 is 0 Å². The van der Waals surface area contributed by atoms with Crippen LogP contribution in [-0.4, -0.2) is 23.2 Å². The van der Waals surface area contributed by atoms with Gasteiger partial charge in [-0.05, 0) is 38.2 Å². The smallest absolute Gasteiger partial charge is 0.159 e. The van der Waals surface area contributed by atoms with E-state index >= 15 is 0 Å². The van der Waals surface area contributed by atoms with Crippen LogP contribution in [0.15, 0.2) is 36.7 Å². The highest BCUT2D eigenvalue weighted by atomic mass is 35.5. The minimum absolute atomic E-state index is 0.0741. The van der Waals surface area contributed by atoms with Crippen molar-refractivity contribution in [2.45, 2.75) is 13.2 Å². The van der Waals surface area contributed by atoms with E-state index in [1.54, 1.807) is 12.4 Å². The first-order chi connectivity index (χ1) is 8.69. The number of hydrogen-bond acceptors (Lipinski definition) is 4. The molecule has 0 spiro atoms. The Labute approximate surface area is 111 Å². The van der Waals surface area contributed by atoms with Crippen molar-refractivity contribution in [3.8, 4) is 17.1 Å². The van der Waals surface area contributed by atoms with E-state index in [2.05, 4.69) is 15.3 Å². The molecular formula is C13H14ClN3O. The zero-order valence-corrected chi connectivity index (χ0v) is 11.0. The van der Waals surface area contributed by atoms with E-state index in [0.29, 0.717) is 16.6 Å². The summed E-state index contributed by atoms with van der Waals surface area (Å²) in [5.41, 5.74) is 0.924. The minimum atomic E-state index is -0.0741. The van der Waals surface area contributed by atoms with Crippen molar-refractivity contribution in [3.63, 3.8) is 0 Å². The van der Waals surface area contributed by atoms with Gasteiger partial charge in [-0.25, -0.2) is 9.97 Å². The monoisotopic (exact) mass is 263 g/mol. The molecule has 1 heterocycles. The van der Waals surface area contributed by atoms with Crippen molar-refractivity contribution >= 4 is 11.6 Å². The van der Waals surface area contributed by atoms with Crippen molar-refractivity contribution in [3.05, 3.63) is 41.7 Å². The summed E-state index contributed by atoms with van der Waals surface area (Å²) in [4.78, 5) is 8.52. The summed E-state index contributed by atoms with van der Waals surface area (Å²) in [5, 5.41) is 3.67. The summed E-state index contributed by atoms with van der Waals surface area (Å²) < 4.78 is 5.52. The number of nitrogens with zero attached hydrogens (tertiary/aromatic N) is 2. The zero-order chi connectivity index (χ0) is 13.0. The van der Waals surface area contributed by atoms with Crippen LogP contribution in [-0.2, 0) is 0 Å². The van der Waals surface area contributed by atoms with Crippen LogP contribution in [0.25, 0.3) is 11.4 Å². The summed E-state index contributed by atoms with van der Waals surface area (Å²) in [6, 6.07) is 7.39. The quantitative estimate of drug-likeness (QED) is 0.862. The fraction of sp³-hybridized carbons (Fsp3) is 0.231. The molecule has 18 heavy (non-hydrogen) atoms. The Kier molecular flexibility index (Phi) is 4.12. The molecule has 0 radical (unpaired) electrons. The molecule has 0 saturated carbocycles. The van der Waals surface area contributed by atoms with E-state index in [1.165, 1.54) is 0 Å². The second-order valence-corrected chi connectivity index (χ2v) is 4.23. The molecule has 0 fully saturated rings. The Morgan fingerprint density at radius 1 is 1.17 bits per heavy atom. The highest BCUT2D eigenvalue weighted by molar-refractivity contribution is 6.30. The van der Waals surface area contributed by atoms with Crippen LogP contribution in [0.5, 0.6) is 5.75 Å². The summed E-state index contributed by atoms with van der Waals surface area (Å²) in [6.45, 7) is 1.91. The highest BCUT2D eigenvalue weighted by Gasteiger charge is 2.04. The van der Waals surface area contributed by atoms with Gasteiger partial charge >= 0.3 is 0 Å². The molecule has 0 amide bonds. The molecule has 0 aliphatic carbocycles. The van der Waals surface area contributed by atoms with E-state index in [-0.39, 0.29) is 6.23 Å². The van der Waals surface area contributed by atoms with Gasteiger partial charge in [0.25, 0.3) is 0 Å². The van der Waals surface area contributed by atoms with Gasteiger partial charge in [0.2, 0.25) is 0 Å². The van der Waals surface area contributed by atoms with Crippen LogP contribution in [0.1, 0.15) is 6.92 Å². The van der Waals surface area contributed by atoms with Crippen LogP contribution in [0.4, 0.5) is 0 Å². The summed E-state index contributed by atoms with van der Waals surface area (Å²) in [5.74, 6) is 1.28. The third kappa shape index (κ3) is 3.18. The van der Waals surface area contributed by atoms with Crippen molar-refractivity contribution in [2.75, 3.05) is 7.05 Å². The van der Waals surface area contributed by atoms with Crippen LogP contribution >= 0.6 is 11.6 Å². The second kappa shape index (κ2) is 5.80. The third-order valence-electron chi connectivity index (χ3n) is 2.45. The number of rotatable bonds is 4. The van der Waals surface area contributed by atoms with Crippen LogP contribution < -0.4 is 10.1 Å². The molecule has 2 aromatic rings. The maximum Gasteiger partial charge on any atom is 0.159 e. The lowest BCUT2D eigenvalue weighted by molar-refractivity contribution is 0.192. The van der Waals surface area contributed by atoms with E-state index in [9.17, 15) is 0 Å². The van der Waals surface area contributed by atoms with Gasteiger partial charge in [-0.3, -0.25) is 5.32 Å². The van der Waals surface area contributed by atoms with Gasteiger partial charge < -0.3 is 4.74 Å². The van der Waals surface area contributed by atoms with Crippen molar-refractivity contribution in [1.82, 2.24) is 15.3 Å². The SMILES string of the molecule is CNC(C)Oc1cnc(-c2ccc(Cl)cc2)nc1. The Bertz CT molecular complexity index is 499. The maximum absolute atomic E-state index is 5.83. The summed E-state index contributed by atoms with van der Waals surface area (Å²) in [6.07, 6.45) is 3.24. The fourth-order valence-corrected chi connectivity index (χ4v) is 1.51. The van der Waals surface area contributed by atoms with E-state index in [4.69, 9.17) is 16.3 Å². The Hall–Kier alpha value is -1.65. The van der Waals surface area contributed by atoms with Crippen LogP contribution in [0, 0.1) is 0 Å². The van der Waals surface area contributed by atoms with Crippen molar-refractivity contribution < 1.29 is 4.74 Å². The van der Waals surface area contributed by atoms with Crippen molar-refractivity contribution in [1.29, 1.82) is 0 Å². The second-order valence-electron chi connectivity index (χ2n) is 3.80. The molecule has 0 saturated heterocycles. The normalized spacial score (nSPS) is 12.2. The first-order valence-corrected chi connectivity index (χ1v) is 5.99. The number of aromatic nitrogens is 2. The zero-order valence-electron chi connectivity index (χ0n) is 10.2. The molecule has 0 bridgehead atoms. The predicted molar refractivity (Wildman–Crippen MR) is 71.6 cm³/mol. The molecule has 1 aromatic carbocycles. The molecule has 1 unspecified atom stereocenters. The van der Waals surface area contributed by atoms with Crippen LogP contribution in [0.3, 0.4) is 0 Å².